The molecule has 52 heavy (non-hydrogen) atoms. The molecule has 0 atom stereocenters. The molecule has 0 aliphatic carbocycles. The Bertz CT molecular complexity index is 3390. The number of benzene rings is 8. The Kier molecular flexibility index (Phi) is 5.47. The highest BCUT2D eigenvalue weighted by Gasteiger charge is 2.25. The summed E-state index contributed by atoms with van der Waals surface area (Å²) in [5.74, 6) is 0.819. The summed E-state index contributed by atoms with van der Waals surface area (Å²) in [5, 5.41) is 9.65. The fraction of sp³-hybridized carbons (Fsp3) is 0. The molecule has 4 heteroatoms. The first-order valence-corrected chi connectivity index (χ1v) is 17.8. The lowest BCUT2D eigenvalue weighted by atomic mass is 9.98. The number of aromatic nitrogens is 4. The number of hydrogen-bond donors (Lipinski definition) is 0. The van der Waals surface area contributed by atoms with E-state index in [-0.39, 0.29) is 0 Å². The summed E-state index contributed by atoms with van der Waals surface area (Å²) in [5.41, 5.74) is 11.8. The number of fused-ring (bicyclic) bond motifs is 8. The summed E-state index contributed by atoms with van der Waals surface area (Å²) in [7, 11) is 0. The molecule has 0 N–H and O–H groups in total. The largest absolute Gasteiger partial charge is 0.308 e. The average Bonchev–Trinajstić information content (AvgIpc) is 3.69. The van der Waals surface area contributed by atoms with Gasteiger partial charge in [-0.3, -0.25) is 4.57 Å². The second kappa shape index (κ2) is 10.3. The van der Waals surface area contributed by atoms with Crippen LogP contribution in [0.25, 0.3) is 110 Å². The van der Waals surface area contributed by atoms with Crippen molar-refractivity contribution in [3.8, 4) is 28.2 Å². The van der Waals surface area contributed by atoms with Crippen LogP contribution in [-0.2, 0) is 0 Å². The number of nitrogens with zero attached hydrogens (tertiary/aromatic N) is 4. The van der Waals surface area contributed by atoms with E-state index in [2.05, 4.69) is 179 Å². The van der Waals surface area contributed by atoms with Crippen LogP contribution in [0.1, 0.15) is 0 Å². The van der Waals surface area contributed by atoms with E-state index in [4.69, 9.17) is 9.97 Å². The van der Waals surface area contributed by atoms with Gasteiger partial charge in [-0.1, -0.05) is 133 Å². The van der Waals surface area contributed by atoms with E-state index in [1.54, 1.807) is 0 Å². The third kappa shape index (κ3) is 3.65. The predicted molar refractivity (Wildman–Crippen MR) is 217 cm³/mol. The Morgan fingerprint density at radius 3 is 1.88 bits per heavy atom. The van der Waals surface area contributed by atoms with Crippen molar-refractivity contribution >= 4 is 81.7 Å². The molecule has 0 fully saturated rings. The second-order valence-corrected chi connectivity index (χ2v) is 13.8. The zero-order valence-corrected chi connectivity index (χ0v) is 28.0. The SMILES string of the molecule is c1ccc(-c2cc3c4cccc5c6ccccc6n(c6cccc7c6c3c(c2)n7-c2nc3c(ccc6ccccc63)nc2-c2ccccc2)c45)cc1. The molecule has 8 aromatic carbocycles. The van der Waals surface area contributed by atoms with E-state index in [1.165, 1.54) is 54.4 Å². The van der Waals surface area contributed by atoms with Crippen LogP contribution < -0.4 is 0 Å². The van der Waals surface area contributed by atoms with Gasteiger partial charge in [0, 0.05) is 37.9 Å². The fourth-order valence-corrected chi connectivity index (χ4v) is 8.80. The number of rotatable bonds is 3. The van der Waals surface area contributed by atoms with Gasteiger partial charge in [-0.05, 0) is 58.3 Å². The minimum Gasteiger partial charge on any atom is -0.308 e. The van der Waals surface area contributed by atoms with Crippen molar-refractivity contribution in [2.45, 2.75) is 0 Å². The maximum atomic E-state index is 5.64. The first kappa shape index (κ1) is 27.7. The van der Waals surface area contributed by atoms with Crippen LogP contribution in [0.4, 0.5) is 0 Å². The zero-order chi connectivity index (χ0) is 33.9. The van der Waals surface area contributed by atoms with E-state index >= 15 is 0 Å². The Hall–Kier alpha value is -7.04. The first-order valence-electron chi connectivity index (χ1n) is 17.8. The molecule has 0 unspecified atom stereocenters. The average molecular weight is 661 g/mol. The standard InChI is InChI=1S/C48H28N4/c1-3-13-29(14-4-1)32-27-37-36-21-11-20-35-34-19-9-10-22-39(34)51(47(35)36)40-23-12-24-41-44(40)43(37)42(28-32)52(41)48-45(31-16-5-2-6-17-31)49-38-26-25-30-15-7-8-18-33(30)46(38)50-48/h1-28H. The molecule has 0 amide bonds. The van der Waals surface area contributed by atoms with Gasteiger partial charge in [-0.25, -0.2) is 9.97 Å². The third-order valence-corrected chi connectivity index (χ3v) is 11.0. The highest BCUT2D eigenvalue weighted by atomic mass is 15.1. The van der Waals surface area contributed by atoms with Gasteiger partial charge < -0.3 is 4.40 Å². The van der Waals surface area contributed by atoms with E-state index in [0.717, 1.165) is 55.5 Å². The van der Waals surface area contributed by atoms with Gasteiger partial charge in [0.25, 0.3) is 0 Å². The lowest BCUT2D eigenvalue weighted by Gasteiger charge is -2.15. The van der Waals surface area contributed by atoms with Gasteiger partial charge in [0.15, 0.2) is 5.82 Å². The molecule has 4 aromatic heterocycles. The second-order valence-electron chi connectivity index (χ2n) is 13.8. The van der Waals surface area contributed by atoms with Crippen LogP contribution in [0.15, 0.2) is 170 Å². The molecule has 12 rings (SSSR count). The summed E-state index contributed by atoms with van der Waals surface area (Å²) < 4.78 is 4.88. The van der Waals surface area contributed by atoms with E-state index in [9.17, 15) is 0 Å². The number of para-hydroxylation sites is 2. The fourth-order valence-electron chi connectivity index (χ4n) is 8.80. The van der Waals surface area contributed by atoms with Crippen molar-refractivity contribution in [1.82, 2.24) is 18.9 Å². The van der Waals surface area contributed by atoms with Crippen LogP contribution >= 0.6 is 0 Å². The molecule has 0 aliphatic heterocycles. The van der Waals surface area contributed by atoms with Crippen LogP contribution in [-0.4, -0.2) is 18.9 Å². The lowest BCUT2D eigenvalue weighted by Crippen LogP contribution is -2.04. The van der Waals surface area contributed by atoms with Crippen molar-refractivity contribution in [2.24, 2.45) is 0 Å². The molecule has 240 valence electrons. The van der Waals surface area contributed by atoms with Crippen LogP contribution in [0.5, 0.6) is 0 Å². The number of hydrogen-bond acceptors (Lipinski definition) is 2. The summed E-state index contributed by atoms with van der Waals surface area (Å²) in [6, 6.07) is 61.1. The molecule has 0 saturated heterocycles. The van der Waals surface area contributed by atoms with Crippen molar-refractivity contribution in [1.29, 1.82) is 0 Å². The molecule has 0 bridgehead atoms. The molecule has 4 heterocycles. The van der Waals surface area contributed by atoms with Gasteiger partial charge in [0.1, 0.15) is 5.69 Å². The highest BCUT2D eigenvalue weighted by Crippen LogP contribution is 2.46. The Morgan fingerprint density at radius 2 is 1.04 bits per heavy atom. The summed E-state index contributed by atoms with van der Waals surface area (Å²) in [6.45, 7) is 0. The Labute approximate surface area is 297 Å². The first-order chi connectivity index (χ1) is 25.8. The molecule has 0 radical (unpaired) electrons. The quantitative estimate of drug-likeness (QED) is 0.177. The van der Waals surface area contributed by atoms with Gasteiger partial charge >= 0.3 is 0 Å². The van der Waals surface area contributed by atoms with Crippen LogP contribution in [0.2, 0.25) is 0 Å². The van der Waals surface area contributed by atoms with Crippen molar-refractivity contribution in [3.05, 3.63) is 170 Å². The monoisotopic (exact) mass is 660 g/mol. The maximum Gasteiger partial charge on any atom is 0.165 e. The van der Waals surface area contributed by atoms with E-state index in [0.29, 0.717) is 0 Å². The Balaban J connectivity index is 1.36. The third-order valence-electron chi connectivity index (χ3n) is 11.0. The minimum atomic E-state index is 0.819. The van der Waals surface area contributed by atoms with Gasteiger partial charge in [0.05, 0.1) is 38.6 Å². The Morgan fingerprint density at radius 1 is 0.385 bits per heavy atom. The smallest absolute Gasteiger partial charge is 0.165 e. The van der Waals surface area contributed by atoms with Gasteiger partial charge in [-0.15, -0.1) is 0 Å². The minimum absolute atomic E-state index is 0.819. The van der Waals surface area contributed by atoms with Gasteiger partial charge in [-0.2, -0.15) is 0 Å². The summed E-state index contributed by atoms with van der Waals surface area (Å²) in [6.07, 6.45) is 0. The van der Waals surface area contributed by atoms with E-state index in [1.807, 2.05) is 0 Å². The highest BCUT2D eigenvalue weighted by molar-refractivity contribution is 6.32. The molecule has 4 nitrogen and oxygen atoms in total. The van der Waals surface area contributed by atoms with E-state index < -0.39 is 0 Å². The molecule has 0 aliphatic rings. The molecular weight excluding hydrogens is 633 g/mol. The molecule has 0 spiro atoms. The maximum absolute atomic E-state index is 5.64. The zero-order valence-electron chi connectivity index (χ0n) is 28.0. The van der Waals surface area contributed by atoms with Crippen LogP contribution in [0, 0.1) is 0 Å². The van der Waals surface area contributed by atoms with Crippen molar-refractivity contribution in [3.63, 3.8) is 0 Å². The summed E-state index contributed by atoms with van der Waals surface area (Å²) in [4.78, 5) is 11.1. The predicted octanol–water partition coefficient (Wildman–Crippen LogP) is 12.4. The van der Waals surface area contributed by atoms with Gasteiger partial charge in [0.2, 0.25) is 0 Å². The molecular formula is C48H28N4. The normalized spacial score (nSPS) is 12.2. The molecule has 0 saturated carbocycles. The summed E-state index contributed by atoms with van der Waals surface area (Å²) >= 11 is 0. The lowest BCUT2D eigenvalue weighted by molar-refractivity contribution is 1.08. The van der Waals surface area contributed by atoms with Crippen molar-refractivity contribution in [2.75, 3.05) is 0 Å². The topological polar surface area (TPSA) is 35.1 Å². The van der Waals surface area contributed by atoms with Crippen molar-refractivity contribution < 1.29 is 0 Å². The molecule has 12 aromatic rings. The van der Waals surface area contributed by atoms with Crippen LogP contribution in [0.3, 0.4) is 0 Å².